The Bertz CT molecular complexity index is 892. The van der Waals surface area contributed by atoms with Crippen molar-refractivity contribution in [3.05, 3.63) is 66.1 Å². The molecule has 0 unspecified atom stereocenters. The van der Waals surface area contributed by atoms with E-state index in [9.17, 15) is 18.0 Å². The predicted molar refractivity (Wildman–Crippen MR) is 88.1 cm³/mol. The van der Waals surface area contributed by atoms with Gasteiger partial charge in [-0.15, -0.1) is 0 Å². The zero-order valence-electron chi connectivity index (χ0n) is 13.5. The van der Waals surface area contributed by atoms with Crippen molar-refractivity contribution in [3.63, 3.8) is 0 Å². The van der Waals surface area contributed by atoms with Gasteiger partial charge in [-0.3, -0.25) is 4.79 Å². The maximum Gasteiger partial charge on any atom is 0.418 e. The second-order valence-corrected chi connectivity index (χ2v) is 5.47. The van der Waals surface area contributed by atoms with Crippen molar-refractivity contribution in [2.24, 2.45) is 0 Å². The summed E-state index contributed by atoms with van der Waals surface area (Å²) >= 11 is 0. The highest BCUT2D eigenvalue weighted by atomic mass is 19.4. The van der Waals surface area contributed by atoms with Crippen LogP contribution in [0.25, 0.3) is 11.4 Å². The molecule has 3 aromatic rings. The molecule has 134 valence electrons. The van der Waals surface area contributed by atoms with Gasteiger partial charge in [0.2, 0.25) is 17.6 Å². The molecule has 1 amide bonds. The fourth-order valence-corrected chi connectivity index (χ4v) is 2.33. The van der Waals surface area contributed by atoms with Crippen molar-refractivity contribution in [3.8, 4) is 11.4 Å². The smallest absolute Gasteiger partial charge is 0.339 e. The number of para-hydroxylation sites is 1. The number of rotatable bonds is 5. The second-order valence-electron chi connectivity index (χ2n) is 5.47. The van der Waals surface area contributed by atoms with Crippen LogP contribution < -0.4 is 5.32 Å². The average Bonchev–Trinajstić information content (AvgIpc) is 3.09. The lowest BCUT2D eigenvalue weighted by Crippen LogP contribution is -2.16. The van der Waals surface area contributed by atoms with E-state index >= 15 is 0 Å². The van der Waals surface area contributed by atoms with Gasteiger partial charge in [0.15, 0.2) is 0 Å². The molecule has 0 aliphatic heterocycles. The zero-order chi connectivity index (χ0) is 18.6. The molecule has 0 saturated carbocycles. The number of nitrogens with zero attached hydrogens (tertiary/aromatic N) is 2. The summed E-state index contributed by atoms with van der Waals surface area (Å²) in [5.41, 5.74) is -0.399. The van der Waals surface area contributed by atoms with Gasteiger partial charge in [-0.1, -0.05) is 47.6 Å². The fraction of sp³-hybridized carbons (Fsp3) is 0.167. The molecular formula is C18H14F3N3O2. The summed E-state index contributed by atoms with van der Waals surface area (Å²) in [6, 6.07) is 14.0. The number of aromatic nitrogens is 2. The maximum atomic E-state index is 12.9. The van der Waals surface area contributed by atoms with Crippen molar-refractivity contribution in [1.29, 1.82) is 0 Å². The molecular weight excluding hydrogens is 347 g/mol. The van der Waals surface area contributed by atoms with E-state index in [1.807, 2.05) is 30.3 Å². The summed E-state index contributed by atoms with van der Waals surface area (Å²) in [5, 5.41) is 6.11. The van der Waals surface area contributed by atoms with Gasteiger partial charge in [0.25, 0.3) is 0 Å². The summed E-state index contributed by atoms with van der Waals surface area (Å²) in [7, 11) is 0. The van der Waals surface area contributed by atoms with Crippen LogP contribution in [-0.4, -0.2) is 16.0 Å². The highest BCUT2D eigenvalue weighted by Gasteiger charge is 2.33. The first-order valence-electron chi connectivity index (χ1n) is 7.77. The summed E-state index contributed by atoms with van der Waals surface area (Å²) in [6.45, 7) is 0. The van der Waals surface area contributed by atoms with Gasteiger partial charge in [0.05, 0.1) is 11.3 Å². The molecule has 0 bridgehead atoms. The maximum absolute atomic E-state index is 12.9. The van der Waals surface area contributed by atoms with Crippen LogP contribution in [0, 0.1) is 0 Å². The molecule has 0 atom stereocenters. The predicted octanol–water partition coefficient (Wildman–Crippen LogP) is 4.33. The molecule has 1 aromatic heterocycles. The Labute approximate surface area is 146 Å². The number of hydrogen-bond acceptors (Lipinski definition) is 4. The Morgan fingerprint density at radius 2 is 1.73 bits per heavy atom. The third-order valence-corrected chi connectivity index (χ3v) is 3.57. The van der Waals surface area contributed by atoms with Gasteiger partial charge < -0.3 is 9.84 Å². The van der Waals surface area contributed by atoms with Crippen LogP contribution in [0.15, 0.2) is 59.1 Å². The van der Waals surface area contributed by atoms with Gasteiger partial charge in [-0.25, -0.2) is 0 Å². The molecule has 1 N–H and O–H groups in total. The Balaban J connectivity index is 1.61. The molecule has 0 saturated heterocycles. The monoisotopic (exact) mass is 361 g/mol. The molecule has 1 heterocycles. The lowest BCUT2D eigenvalue weighted by atomic mass is 10.1. The third kappa shape index (κ3) is 4.27. The summed E-state index contributed by atoms with van der Waals surface area (Å²) in [6.07, 6.45) is -4.50. The van der Waals surface area contributed by atoms with Gasteiger partial charge in [0, 0.05) is 18.4 Å². The van der Waals surface area contributed by atoms with Crippen LogP contribution >= 0.6 is 0 Å². The van der Waals surface area contributed by atoms with E-state index < -0.39 is 17.6 Å². The molecule has 8 heteroatoms. The molecule has 0 aliphatic carbocycles. The summed E-state index contributed by atoms with van der Waals surface area (Å²) in [4.78, 5) is 16.2. The normalized spacial score (nSPS) is 11.3. The second kappa shape index (κ2) is 7.38. The van der Waals surface area contributed by atoms with Crippen LogP contribution in [0.3, 0.4) is 0 Å². The van der Waals surface area contributed by atoms with E-state index in [1.165, 1.54) is 18.2 Å². The minimum Gasteiger partial charge on any atom is -0.339 e. The number of hydrogen-bond donors (Lipinski definition) is 1. The molecule has 0 spiro atoms. The van der Waals surface area contributed by atoms with Crippen LogP contribution in [0.1, 0.15) is 17.9 Å². The number of aryl methyl sites for hydroxylation is 1. The fourth-order valence-electron chi connectivity index (χ4n) is 2.33. The van der Waals surface area contributed by atoms with Crippen LogP contribution in [0.2, 0.25) is 0 Å². The van der Waals surface area contributed by atoms with Gasteiger partial charge in [-0.05, 0) is 12.1 Å². The number of alkyl halides is 3. The quantitative estimate of drug-likeness (QED) is 0.735. The van der Waals surface area contributed by atoms with E-state index in [0.29, 0.717) is 5.82 Å². The minimum atomic E-state index is -4.54. The summed E-state index contributed by atoms with van der Waals surface area (Å²) in [5.74, 6) is 0.0627. The van der Waals surface area contributed by atoms with E-state index in [2.05, 4.69) is 15.5 Å². The standard InChI is InChI=1S/C18H14F3N3O2/c19-18(20,21)13-8-4-5-9-14(13)22-15(25)10-11-16-23-17(24-26-16)12-6-2-1-3-7-12/h1-9H,10-11H2,(H,22,25). The van der Waals surface area contributed by atoms with Crippen molar-refractivity contribution >= 4 is 11.6 Å². The average molecular weight is 361 g/mol. The largest absolute Gasteiger partial charge is 0.418 e. The Morgan fingerprint density at radius 3 is 2.46 bits per heavy atom. The molecule has 2 aromatic carbocycles. The highest BCUT2D eigenvalue weighted by molar-refractivity contribution is 5.91. The number of anilines is 1. The van der Waals surface area contributed by atoms with Crippen molar-refractivity contribution < 1.29 is 22.5 Å². The lowest BCUT2D eigenvalue weighted by Gasteiger charge is -2.13. The van der Waals surface area contributed by atoms with Crippen LogP contribution in [0.5, 0.6) is 0 Å². The van der Waals surface area contributed by atoms with E-state index in [4.69, 9.17) is 4.52 Å². The number of amides is 1. The molecule has 0 radical (unpaired) electrons. The van der Waals surface area contributed by atoms with Crippen molar-refractivity contribution in [2.75, 3.05) is 5.32 Å². The minimum absolute atomic E-state index is 0.0807. The molecule has 3 rings (SSSR count). The lowest BCUT2D eigenvalue weighted by molar-refractivity contribution is -0.137. The van der Waals surface area contributed by atoms with Crippen molar-refractivity contribution in [1.82, 2.24) is 10.1 Å². The van der Waals surface area contributed by atoms with E-state index in [1.54, 1.807) is 0 Å². The van der Waals surface area contributed by atoms with Crippen LogP contribution in [-0.2, 0) is 17.4 Å². The molecule has 5 nitrogen and oxygen atoms in total. The van der Waals surface area contributed by atoms with Crippen LogP contribution in [0.4, 0.5) is 18.9 Å². The summed E-state index contributed by atoms with van der Waals surface area (Å²) < 4.78 is 43.9. The first-order valence-corrected chi connectivity index (χ1v) is 7.77. The van der Waals surface area contributed by atoms with Gasteiger partial charge >= 0.3 is 6.18 Å². The number of carbonyl (C=O) groups is 1. The molecule has 26 heavy (non-hydrogen) atoms. The Morgan fingerprint density at radius 1 is 1.04 bits per heavy atom. The molecule has 0 fully saturated rings. The highest BCUT2D eigenvalue weighted by Crippen LogP contribution is 2.34. The number of halogens is 3. The number of nitrogens with one attached hydrogen (secondary N) is 1. The van der Waals surface area contributed by atoms with Crippen molar-refractivity contribution in [2.45, 2.75) is 19.0 Å². The first-order chi connectivity index (χ1) is 12.4. The Hall–Kier alpha value is -3.16. The third-order valence-electron chi connectivity index (χ3n) is 3.57. The zero-order valence-corrected chi connectivity index (χ0v) is 13.5. The van der Waals surface area contributed by atoms with E-state index in [-0.39, 0.29) is 24.4 Å². The number of carbonyl (C=O) groups excluding carboxylic acids is 1. The first kappa shape index (κ1) is 17.7. The van der Waals surface area contributed by atoms with Gasteiger partial charge in [-0.2, -0.15) is 18.2 Å². The number of benzene rings is 2. The molecule has 0 aliphatic rings. The topological polar surface area (TPSA) is 68.0 Å². The van der Waals surface area contributed by atoms with E-state index in [0.717, 1.165) is 11.6 Å². The Kier molecular flexibility index (Phi) is 5.01. The SMILES string of the molecule is O=C(CCc1nc(-c2ccccc2)no1)Nc1ccccc1C(F)(F)F. The van der Waals surface area contributed by atoms with Gasteiger partial charge in [0.1, 0.15) is 0 Å².